The van der Waals surface area contributed by atoms with Crippen LogP contribution in [0.5, 0.6) is 11.5 Å². The summed E-state index contributed by atoms with van der Waals surface area (Å²) in [6.07, 6.45) is 2.62. The molecule has 0 bridgehead atoms. The summed E-state index contributed by atoms with van der Waals surface area (Å²) in [5.41, 5.74) is 6.47. The van der Waals surface area contributed by atoms with Gasteiger partial charge in [0.15, 0.2) is 11.5 Å². The lowest BCUT2D eigenvalue weighted by Gasteiger charge is -2.14. The van der Waals surface area contributed by atoms with Crippen LogP contribution in [0.4, 0.5) is 5.69 Å². The second kappa shape index (κ2) is 12.3. The maximum absolute atomic E-state index is 12.0. The Balaban J connectivity index is 0.00000484. The highest BCUT2D eigenvalue weighted by Gasteiger charge is 2.14. The zero-order valence-electron chi connectivity index (χ0n) is 13.7. The molecule has 0 aromatic heterocycles. The molecule has 1 aromatic carbocycles. The average molecular weight is 365 g/mol. The highest BCUT2D eigenvalue weighted by atomic mass is 35.5. The molecule has 1 aromatic rings. The number of methoxy groups -OCH3 is 2. The molecule has 0 aliphatic carbocycles. The first kappa shape index (κ1) is 21.9. The summed E-state index contributed by atoms with van der Waals surface area (Å²) < 4.78 is 15.8. The third-order valence-electron chi connectivity index (χ3n) is 2.95. The van der Waals surface area contributed by atoms with Crippen molar-refractivity contribution in [3.8, 4) is 11.5 Å². The summed E-state index contributed by atoms with van der Waals surface area (Å²) in [6.45, 7) is 0.872. The molecule has 1 amide bonds. The van der Waals surface area contributed by atoms with Gasteiger partial charge in [-0.25, -0.2) is 0 Å². The van der Waals surface area contributed by atoms with Crippen LogP contribution in [0.2, 0.25) is 0 Å². The second-order valence-electron chi connectivity index (χ2n) is 4.58. The third kappa shape index (κ3) is 7.78. The van der Waals surface area contributed by atoms with Crippen LogP contribution in [-0.4, -0.2) is 51.4 Å². The Morgan fingerprint density at radius 1 is 1.30 bits per heavy atom. The van der Waals surface area contributed by atoms with Crippen LogP contribution >= 0.6 is 24.2 Å². The van der Waals surface area contributed by atoms with Gasteiger partial charge in [0.1, 0.15) is 6.61 Å². The maximum Gasteiger partial charge on any atom is 0.241 e. The number of nitrogens with one attached hydrogen (secondary N) is 1. The number of hydrogen-bond donors (Lipinski definition) is 2. The number of carbonyl (C=O) groups excluding carboxylic acids is 1. The minimum atomic E-state index is -0.521. The van der Waals surface area contributed by atoms with Gasteiger partial charge in [0.25, 0.3) is 0 Å². The van der Waals surface area contributed by atoms with Crippen LogP contribution in [0.1, 0.15) is 6.42 Å². The number of halogens is 1. The van der Waals surface area contributed by atoms with Crippen molar-refractivity contribution in [3.63, 3.8) is 0 Å². The highest BCUT2D eigenvalue weighted by Crippen LogP contribution is 2.30. The zero-order valence-corrected chi connectivity index (χ0v) is 15.3. The van der Waals surface area contributed by atoms with Gasteiger partial charge in [0.05, 0.1) is 19.8 Å². The molecule has 3 N–H and O–H groups in total. The van der Waals surface area contributed by atoms with Gasteiger partial charge < -0.3 is 25.3 Å². The zero-order chi connectivity index (χ0) is 16.4. The first-order valence-electron chi connectivity index (χ1n) is 6.97. The predicted molar refractivity (Wildman–Crippen MR) is 97.2 cm³/mol. The summed E-state index contributed by atoms with van der Waals surface area (Å²) in [5, 5.41) is 2.79. The summed E-state index contributed by atoms with van der Waals surface area (Å²) in [4.78, 5) is 12.0. The van der Waals surface area contributed by atoms with E-state index in [1.807, 2.05) is 6.26 Å². The van der Waals surface area contributed by atoms with Crippen molar-refractivity contribution in [2.24, 2.45) is 5.73 Å². The molecule has 1 rings (SSSR count). The quantitative estimate of drug-likeness (QED) is 0.619. The van der Waals surface area contributed by atoms with Crippen LogP contribution in [0, 0.1) is 0 Å². The number of benzene rings is 1. The summed E-state index contributed by atoms with van der Waals surface area (Å²) >= 11 is 1.66. The van der Waals surface area contributed by atoms with Crippen LogP contribution < -0.4 is 20.5 Å². The number of anilines is 1. The monoisotopic (exact) mass is 364 g/mol. The number of rotatable bonds is 10. The van der Waals surface area contributed by atoms with E-state index in [1.165, 1.54) is 0 Å². The van der Waals surface area contributed by atoms with Crippen molar-refractivity contribution in [1.82, 2.24) is 0 Å². The molecule has 1 atom stereocenters. The largest absolute Gasteiger partial charge is 0.493 e. The summed E-state index contributed by atoms with van der Waals surface area (Å²) in [5.74, 6) is 1.79. The lowest BCUT2D eigenvalue weighted by atomic mass is 10.2. The van der Waals surface area contributed by atoms with Crippen molar-refractivity contribution in [2.75, 3.05) is 44.8 Å². The summed E-state index contributed by atoms with van der Waals surface area (Å²) in [7, 11) is 3.17. The molecular weight excluding hydrogens is 340 g/mol. The van der Waals surface area contributed by atoms with E-state index in [9.17, 15) is 4.79 Å². The van der Waals surface area contributed by atoms with Gasteiger partial charge in [-0.05, 0) is 30.6 Å². The molecule has 0 heterocycles. The lowest BCUT2D eigenvalue weighted by molar-refractivity contribution is -0.117. The number of thioether (sulfide) groups is 1. The Hall–Kier alpha value is -1.15. The van der Waals surface area contributed by atoms with Gasteiger partial charge >= 0.3 is 0 Å². The van der Waals surface area contributed by atoms with Gasteiger partial charge in [-0.15, -0.1) is 12.4 Å². The molecule has 0 radical (unpaired) electrons. The molecule has 0 spiro atoms. The Morgan fingerprint density at radius 2 is 2.04 bits per heavy atom. The smallest absolute Gasteiger partial charge is 0.241 e. The van der Waals surface area contributed by atoms with E-state index < -0.39 is 6.04 Å². The molecule has 0 unspecified atom stereocenters. The first-order chi connectivity index (χ1) is 10.6. The first-order valence-corrected chi connectivity index (χ1v) is 8.37. The van der Waals surface area contributed by atoms with Crippen molar-refractivity contribution in [3.05, 3.63) is 18.2 Å². The van der Waals surface area contributed by atoms with E-state index in [-0.39, 0.29) is 18.3 Å². The molecule has 0 aliphatic heterocycles. The average Bonchev–Trinajstić information content (AvgIpc) is 2.53. The van der Waals surface area contributed by atoms with Gasteiger partial charge in [-0.2, -0.15) is 11.8 Å². The van der Waals surface area contributed by atoms with Gasteiger partial charge in [0, 0.05) is 18.9 Å². The molecule has 8 heteroatoms. The van der Waals surface area contributed by atoms with Gasteiger partial charge in [-0.1, -0.05) is 0 Å². The topological polar surface area (TPSA) is 82.8 Å². The van der Waals surface area contributed by atoms with Crippen molar-refractivity contribution < 1.29 is 19.0 Å². The second-order valence-corrected chi connectivity index (χ2v) is 5.57. The number of nitrogens with two attached hydrogens (primary N) is 1. The molecular formula is C15H25ClN2O4S. The number of hydrogen-bond acceptors (Lipinski definition) is 6. The lowest BCUT2D eigenvalue weighted by Crippen LogP contribution is -2.36. The van der Waals surface area contributed by atoms with E-state index in [1.54, 1.807) is 44.2 Å². The van der Waals surface area contributed by atoms with Crippen molar-refractivity contribution in [1.29, 1.82) is 0 Å². The maximum atomic E-state index is 12.0. The SMILES string of the molecule is COCCOc1cc(NC(=O)[C@@H](N)CCSC)ccc1OC.Cl. The fourth-order valence-electron chi connectivity index (χ4n) is 1.71. The highest BCUT2D eigenvalue weighted by molar-refractivity contribution is 7.98. The molecule has 0 fully saturated rings. The fraction of sp³-hybridized carbons (Fsp3) is 0.533. The molecule has 132 valence electrons. The van der Waals surface area contributed by atoms with Crippen LogP contribution in [-0.2, 0) is 9.53 Å². The van der Waals surface area contributed by atoms with Crippen LogP contribution in [0.3, 0.4) is 0 Å². The normalized spacial score (nSPS) is 11.3. The molecule has 0 aliphatic rings. The summed E-state index contributed by atoms with van der Waals surface area (Å²) in [6, 6.07) is 4.69. The Labute approximate surface area is 147 Å². The van der Waals surface area contributed by atoms with E-state index in [0.717, 1.165) is 5.75 Å². The molecule has 6 nitrogen and oxygen atoms in total. The molecule has 0 saturated heterocycles. The van der Waals surface area contributed by atoms with E-state index in [4.69, 9.17) is 19.9 Å². The third-order valence-corrected chi connectivity index (χ3v) is 3.59. The van der Waals surface area contributed by atoms with E-state index in [0.29, 0.717) is 36.8 Å². The van der Waals surface area contributed by atoms with Crippen LogP contribution in [0.25, 0.3) is 0 Å². The van der Waals surface area contributed by atoms with E-state index >= 15 is 0 Å². The van der Waals surface area contributed by atoms with Gasteiger partial charge in [-0.3, -0.25) is 4.79 Å². The van der Waals surface area contributed by atoms with Gasteiger partial charge in [0.2, 0.25) is 5.91 Å². The van der Waals surface area contributed by atoms with Crippen molar-refractivity contribution in [2.45, 2.75) is 12.5 Å². The number of ether oxygens (including phenoxy) is 3. The predicted octanol–water partition coefficient (Wildman–Crippen LogP) is 2.16. The Morgan fingerprint density at radius 3 is 2.65 bits per heavy atom. The standard InChI is InChI=1S/C15H24N2O4S.ClH/c1-19-7-8-21-14-10-11(4-5-13(14)20-2)17-15(18)12(16)6-9-22-3;/h4-5,10,12H,6-9,16H2,1-3H3,(H,17,18);1H/t12-;/m0./s1. The van der Waals surface area contributed by atoms with Crippen LogP contribution in [0.15, 0.2) is 18.2 Å². The van der Waals surface area contributed by atoms with Crippen molar-refractivity contribution >= 4 is 35.8 Å². The number of amides is 1. The number of carbonyl (C=O) groups is 1. The van der Waals surface area contributed by atoms with E-state index in [2.05, 4.69) is 5.32 Å². The minimum absolute atomic E-state index is 0. The Bertz CT molecular complexity index is 477. The minimum Gasteiger partial charge on any atom is -0.493 e. The Kier molecular flexibility index (Phi) is 11.7. The fourth-order valence-corrected chi connectivity index (χ4v) is 2.20. The molecule has 0 saturated carbocycles. The molecule has 23 heavy (non-hydrogen) atoms.